The summed E-state index contributed by atoms with van der Waals surface area (Å²) in [5.74, 6) is 2.02. The van der Waals surface area contributed by atoms with E-state index in [-0.39, 0.29) is 11.6 Å². The predicted octanol–water partition coefficient (Wildman–Crippen LogP) is 2.09. The standard InChI is InChI=1S/C14H16N2O2/c1-3-10(4-2)15-13-11(14(17)18)8-9-6-5-7-12(9)16-13/h1,8,10H,4-7H2,2H3,(H,15,16)(H,17,18). The molecule has 0 fully saturated rings. The normalized spacial score (nSPS) is 14.7. The van der Waals surface area contributed by atoms with Gasteiger partial charge in [0, 0.05) is 5.69 Å². The molecular formula is C14H16N2O2. The molecule has 0 saturated heterocycles. The molecule has 0 bridgehead atoms. The zero-order valence-electron chi connectivity index (χ0n) is 10.4. The van der Waals surface area contributed by atoms with Crippen molar-refractivity contribution in [3.63, 3.8) is 0 Å². The number of hydrogen-bond acceptors (Lipinski definition) is 3. The minimum absolute atomic E-state index is 0.185. The van der Waals surface area contributed by atoms with Crippen LogP contribution in [0.25, 0.3) is 0 Å². The monoisotopic (exact) mass is 244 g/mol. The first-order valence-electron chi connectivity index (χ1n) is 6.14. The number of anilines is 1. The van der Waals surface area contributed by atoms with E-state index in [9.17, 15) is 9.90 Å². The third kappa shape index (κ3) is 2.30. The highest BCUT2D eigenvalue weighted by Crippen LogP contribution is 2.25. The molecule has 0 spiro atoms. The number of fused-ring (bicyclic) bond motifs is 1. The molecule has 1 aromatic heterocycles. The Kier molecular flexibility index (Phi) is 3.52. The first-order valence-corrected chi connectivity index (χ1v) is 6.14. The lowest BCUT2D eigenvalue weighted by Gasteiger charge is -2.15. The molecule has 0 saturated carbocycles. The number of carboxylic acids is 1. The highest BCUT2D eigenvalue weighted by molar-refractivity contribution is 5.93. The van der Waals surface area contributed by atoms with E-state index in [1.54, 1.807) is 6.07 Å². The Morgan fingerprint density at radius 1 is 1.67 bits per heavy atom. The van der Waals surface area contributed by atoms with Crippen LogP contribution in [0.4, 0.5) is 5.82 Å². The van der Waals surface area contributed by atoms with Gasteiger partial charge in [-0.25, -0.2) is 9.78 Å². The van der Waals surface area contributed by atoms with E-state index in [0.29, 0.717) is 5.82 Å². The largest absolute Gasteiger partial charge is 0.478 e. The van der Waals surface area contributed by atoms with Crippen LogP contribution >= 0.6 is 0 Å². The number of carbonyl (C=O) groups is 1. The molecule has 94 valence electrons. The van der Waals surface area contributed by atoms with Crippen molar-refractivity contribution < 1.29 is 9.90 Å². The van der Waals surface area contributed by atoms with Gasteiger partial charge in [-0.2, -0.15) is 0 Å². The van der Waals surface area contributed by atoms with Gasteiger partial charge in [0.15, 0.2) is 0 Å². The molecule has 1 aliphatic rings. The molecule has 1 heterocycles. The summed E-state index contributed by atoms with van der Waals surface area (Å²) in [5, 5.41) is 12.3. The second-order valence-electron chi connectivity index (χ2n) is 4.42. The molecule has 0 radical (unpaired) electrons. The van der Waals surface area contributed by atoms with Gasteiger partial charge in [-0.05, 0) is 37.3 Å². The summed E-state index contributed by atoms with van der Waals surface area (Å²) in [6.45, 7) is 1.95. The van der Waals surface area contributed by atoms with E-state index in [2.05, 4.69) is 16.2 Å². The average molecular weight is 244 g/mol. The second kappa shape index (κ2) is 5.09. The summed E-state index contributed by atoms with van der Waals surface area (Å²) in [6, 6.07) is 1.54. The first kappa shape index (κ1) is 12.4. The Balaban J connectivity index is 2.39. The van der Waals surface area contributed by atoms with Gasteiger partial charge in [-0.3, -0.25) is 0 Å². The van der Waals surface area contributed by atoms with Gasteiger partial charge in [0.1, 0.15) is 11.4 Å². The summed E-state index contributed by atoms with van der Waals surface area (Å²) in [5.41, 5.74) is 2.26. The van der Waals surface area contributed by atoms with Gasteiger partial charge in [-0.15, -0.1) is 6.42 Å². The van der Waals surface area contributed by atoms with E-state index in [0.717, 1.165) is 36.9 Å². The Bertz CT molecular complexity index is 517. The summed E-state index contributed by atoms with van der Waals surface area (Å²) in [6.07, 6.45) is 8.98. The van der Waals surface area contributed by atoms with Crippen molar-refractivity contribution in [2.75, 3.05) is 5.32 Å². The predicted molar refractivity (Wildman–Crippen MR) is 69.8 cm³/mol. The molecule has 0 amide bonds. The number of rotatable bonds is 4. The molecule has 18 heavy (non-hydrogen) atoms. The molecule has 4 heteroatoms. The maximum absolute atomic E-state index is 11.2. The number of nitrogens with one attached hydrogen (secondary N) is 1. The van der Waals surface area contributed by atoms with E-state index in [1.165, 1.54) is 0 Å². The number of terminal acetylenes is 1. The van der Waals surface area contributed by atoms with Crippen molar-refractivity contribution in [1.82, 2.24) is 4.98 Å². The van der Waals surface area contributed by atoms with Crippen molar-refractivity contribution in [2.45, 2.75) is 38.6 Å². The van der Waals surface area contributed by atoms with Gasteiger partial charge in [0.05, 0.1) is 6.04 Å². The molecule has 0 aliphatic heterocycles. The maximum atomic E-state index is 11.2. The lowest BCUT2D eigenvalue weighted by molar-refractivity contribution is 0.0697. The highest BCUT2D eigenvalue weighted by Gasteiger charge is 2.20. The molecule has 1 atom stereocenters. The van der Waals surface area contributed by atoms with E-state index >= 15 is 0 Å². The number of carboxylic acid groups (broad SMARTS) is 1. The van der Waals surface area contributed by atoms with Crippen molar-refractivity contribution in [2.24, 2.45) is 0 Å². The lowest BCUT2D eigenvalue weighted by atomic mass is 10.1. The molecule has 2 rings (SSSR count). The van der Waals surface area contributed by atoms with Crippen molar-refractivity contribution in [1.29, 1.82) is 0 Å². The quantitative estimate of drug-likeness (QED) is 0.796. The number of pyridine rings is 1. The second-order valence-corrected chi connectivity index (χ2v) is 4.42. The van der Waals surface area contributed by atoms with Crippen LogP contribution < -0.4 is 5.32 Å². The van der Waals surface area contributed by atoms with Crippen molar-refractivity contribution >= 4 is 11.8 Å². The molecule has 2 N–H and O–H groups in total. The maximum Gasteiger partial charge on any atom is 0.339 e. The van der Waals surface area contributed by atoms with Crippen LogP contribution in [0.1, 0.15) is 41.4 Å². The third-order valence-electron chi connectivity index (χ3n) is 3.20. The lowest BCUT2D eigenvalue weighted by Crippen LogP contribution is -2.19. The highest BCUT2D eigenvalue weighted by atomic mass is 16.4. The van der Waals surface area contributed by atoms with Crippen molar-refractivity contribution in [3.8, 4) is 12.3 Å². The molecule has 1 unspecified atom stereocenters. The SMILES string of the molecule is C#CC(CC)Nc1nc2c(cc1C(=O)O)CCC2. The minimum Gasteiger partial charge on any atom is -0.478 e. The third-order valence-corrected chi connectivity index (χ3v) is 3.20. The van der Waals surface area contributed by atoms with Crippen LogP contribution in [0.2, 0.25) is 0 Å². The molecule has 0 aromatic carbocycles. The molecule has 1 aromatic rings. The zero-order chi connectivity index (χ0) is 13.1. The fourth-order valence-electron chi connectivity index (χ4n) is 2.17. The fourth-order valence-corrected chi connectivity index (χ4v) is 2.17. The number of aromatic nitrogens is 1. The van der Waals surface area contributed by atoms with Crippen LogP contribution in [0, 0.1) is 12.3 Å². The van der Waals surface area contributed by atoms with Crippen molar-refractivity contribution in [3.05, 3.63) is 22.9 Å². The smallest absolute Gasteiger partial charge is 0.339 e. The summed E-state index contributed by atoms with van der Waals surface area (Å²) in [4.78, 5) is 15.7. The van der Waals surface area contributed by atoms with Crippen LogP contribution in [0.15, 0.2) is 6.07 Å². The van der Waals surface area contributed by atoms with Gasteiger partial charge in [-0.1, -0.05) is 12.8 Å². The number of aromatic carboxylic acids is 1. The Hall–Kier alpha value is -2.02. The van der Waals surface area contributed by atoms with Crippen LogP contribution in [0.5, 0.6) is 0 Å². The molecule has 4 nitrogen and oxygen atoms in total. The topological polar surface area (TPSA) is 62.2 Å². The van der Waals surface area contributed by atoms with E-state index in [1.807, 2.05) is 6.92 Å². The van der Waals surface area contributed by atoms with E-state index < -0.39 is 5.97 Å². The van der Waals surface area contributed by atoms with Gasteiger partial charge in [0.2, 0.25) is 0 Å². The Morgan fingerprint density at radius 2 is 2.44 bits per heavy atom. The average Bonchev–Trinajstić information content (AvgIpc) is 2.81. The number of aryl methyl sites for hydroxylation is 2. The number of hydrogen-bond donors (Lipinski definition) is 2. The molecule has 1 aliphatic carbocycles. The zero-order valence-corrected chi connectivity index (χ0v) is 10.4. The first-order chi connectivity index (χ1) is 8.65. The van der Waals surface area contributed by atoms with Gasteiger partial charge < -0.3 is 10.4 Å². The van der Waals surface area contributed by atoms with Gasteiger partial charge >= 0.3 is 5.97 Å². The van der Waals surface area contributed by atoms with Gasteiger partial charge in [0.25, 0.3) is 0 Å². The summed E-state index contributed by atoms with van der Waals surface area (Å²) in [7, 11) is 0. The van der Waals surface area contributed by atoms with Crippen LogP contribution in [0.3, 0.4) is 0 Å². The Labute approximate surface area is 106 Å². The fraction of sp³-hybridized carbons (Fsp3) is 0.429. The summed E-state index contributed by atoms with van der Waals surface area (Å²) < 4.78 is 0. The minimum atomic E-state index is -0.966. The van der Waals surface area contributed by atoms with Crippen LogP contribution in [-0.4, -0.2) is 22.1 Å². The summed E-state index contributed by atoms with van der Waals surface area (Å²) >= 11 is 0. The van der Waals surface area contributed by atoms with E-state index in [4.69, 9.17) is 6.42 Å². The van der Waals surface area contributed by atoms with Crippen LogP contribution in [-0.2, 0) is 12.8 Å². The molecular weight excluding hydrogens is 228 g/mol. The Morgan fingerprint density at radius 3 is 3.06 bits per heavy atom. The number of nitrogens with zero attached hydrogens (tertiary/aromatic N) is 1.